The third-order valence-electron chi connectivity index (χ3n) is 4.67. The van der Waals surface area contributed by atoms with Gasteiger partial charge in [-0.1, -0.05) is 12.1 Å². The zero-order chi connectivity index (χ0) is 21.2. The molecule has 1 N–H and O–H groups in total. The van der Waals surface area contributed by atoms with E-state index in [0.717, 1.165) is 5.56 Å². The van der Waals surface area contributed by atoms with Crippen LogP contribution in [-0.4, -0.2) is 28.0 Å². The van der Waals surface area contributed by atoms with Crippen LogP contribution in [0.4, 0.5) is 5.69 Å². The number of fused-ring (bicyclic) bond motifs is 1. The summed E-state index contributed by atoms with van der Waals surface area (Å²) in [6.45, 7) is 0. The number of carbonyl (C=O) groups is 1. The molecule has 2 aromatic carbocycles. The van der Waals surface area contributed by atoms with Gasteiger partial charge in [-0.15, -0.1) is 0 Å². The first kappa shape index (κ1) is 18.6. The summed E-state index contributed by atoms with van der Waals surface area (Å²) < 4.78 is 16.5. The van der Waals surface area contributed by atoms with E-state index < -0.39 is 5.91 Å². The van der Waals surface area contributed by atoms with Crippen LogP contribution in [0.15, 0.2) is 82.2 Å². The molecule has 8 heteroatoms. The maximum absolute atomic E-state index is 12.9. The van der Waals surface area contributed by atoms with Gasteiger partial charge in [-0.2, -0.15) is 0 Å². The van der Waals surface area contributed by atoms with Crippen molar-refractivity contribution < 1.29 is 18.4 Å². The molecule has 5 rings (SSSR count). The van der Waals surface area contributed by atoms with Gasteiger partial charge in [0.15, 0.2) is 23.4 Å². The second-order valence-corrected chi connectivity index (χ2v) is 6.66. The molecule has 31 heavy (non-hydrogen) atoms. The largest absolute Gasteiger partial charge is 0.497 e. The highest BCUT2D eigenvalue weighted by atomic mass is 16.5. The number of pyridine rings is 1. The number of nitrogens with one attached hydrogen (secondary N) is 1. The van der Waals surface area contributed by atoms with Crippen molar-refractivity contribution in [1.29, 1.82) is 0 Å². The first-order valence-corrected chi connectivity index (χ1v) is 9.41. The van der Waals surface area contributed by atoms with E-state index >= 15 is 0 Å². The average molecular weight is 412 g/mol. The van der Waals surface area contributed by atoms with E-state index in [1.165, 1.54) is 6.39 Å². The molecule has 0 saturated heterocycles. The molecule has 3 aromatic heterocycles. The summed E-state index contributed by atoms with van der Waals surface area (Å²) in [6.07, 6.45) is 4.60. The first-order chi connectivity index (χ1) is 15.2. The number of benzene rings is 2. The van der Waals surface area contributed by atoms with Gasteiger partial charge < -0.3 is 18.9 Å². The van der Waals surface area contributed by atoms with Crippen LogP contribution in [0.3, 0.4) is 0 Å². The smallest absolute Gasteiger partial charge is 0.278 e. The number of ether oxygens (including phenoxy) is 1. The van der Waals surface area contributed by atoms with Crippen molar-refractivity contribution in [3.8, 4) is 28.5 Å². The van der Waals surface area contributed by atoms with Gasteiger partial charge in [-0.25, -0.2) is 9.97 Å². The van der Waals surface area contributed by atoms with Gasteiger partial charge in [0.2, 0.25) is 5.89 Å². The summed E-state index contributed by atoms with van der Waals surface area (Å²) in [5.41, 5.74) is 3.40. The molecule has 0 fully saturated rings. The maximum atomic E-state index is 12.9. The summed E-state index contributed by atoms with van der Waals surface area (Å²) >= 11 is 0. The zero-order valence-electron chi connectivity index (χ0n) is 16.4. The molecule has 8 nitrogen and oxygen atoms in total. The Kier molecular flexibility index (Phi) is 4.64. The number of oxazole rings is 2. The topological polar surface area (TPSA) is 103 Å². The SMILES string of the molecule is COc1cccc(-c2ocnc2C(=O)Nc2ccc3nc(-c4cccnc4)oc3c2)c1. The maximum Gasteiger partial charge on any atom is 0.278 e. The van der Waals surface area contributed by atoms with Gasteiger partial charge in [0.25, 0.3) is 5.91 Å². The van der Waals surface area contributed by atoms with Crippen LogP contribution in [0.1, 0.15) is 10.5 Å². The van der Waals surface area contributed by atoms with E-state index in [9.17, 15) is 4.79 Å². The standard InChI is InChI=1S/C23H16N4O4/c1-29-17-6-2-4-14(10-17)21-20(25-13-30-21)22(28)26-16-7-8-18-19(11-16)31-23(27-18)15-5-3-9-24-12-15/h2-13H,1H3,(H,26,28). The van der Waals surface area contributed by atoms with Crippen LogP contribution in [-0.2, 0) is 0 Å². The quantitative estimate of drug-likeness (QED) is 0.442. The molecule has 0 aliphatic carbocycles. The Morgan fingerprint density at radius 3 is 2.81 bits per heavy atom. The van der Waals surface area contributed by atoms with E-state index in [0.29, 0.717) is 39.8 Å². The summed E-state index contributed by atoms with van der Waals surface area (Å²) in [7, 11) is 1.58. The Morgan fingerprint density at radius 2 is 1.97 bits per heavy atom. The number of rotatable bonds is 5. The molecule has 5 aromatic rings. The highest BCUT2D eigenvalue weighted by Crippen LogP contribution is 2.29. The molecule has 1 amide bonds. The van der Waals surface area contributed by atoms with Gasteiger partial charge >= 0.3 is 0 Å². The fraction of sp³-hybridized carbons (Fsp3) is 0.0435. The lowest BCUT2D eigenvalue weighted by molar-refractivity contribution is 0.102. The molecule has 0 radical (unpaired) electrons. The summed E-state index contributed by atoms with van der Waals surface area (Å²) in [4.78, 5) is 25.5. The Labute approximate surface area is 176 Å². The Morgan fingerprint density at radius 1 is 1.06 bits per heavy atom. The van der Waals surface area contributed by atoms with Gasteiger partial charge in [-0.05, 0) is 36.4 Å². The second kappa shape index (κ2) is 7.75. The third kappa shape index (κ3) is 3.62. The summed E-state index contributed by atoms with van der Waals surface area (Å²) in [5, 5.41) is 2.83. The van der Waals surface area contributed by atoms with E-state index in [2.05, 4.69) is 20.3 Å². The van der Waals surface area contributed by atoms with Gasteiger partial charge in [0.1, 0.15) is 11.3 Å². The predicted molar refractivity (Wildman–Crippen MR) is 114 cm³/mol. The molecule has 3 heterocycles. The predicted octanol–water partition coefficient (Wildman–Crippen LogP) is 4.81. The lowest BCUT2D eigenvalue weighted by Gasteiger charge is -2.05. The molecule has 0 spiro atoms. The number of anilines is 1. The fourth-order valence-electron chi connectivity index (χ4n) is 3.18. The minimum Gasteiger partial charge on any atom is -0.497 e. The van der Waals surface area contributed by atoms with E-state index in [1.807, 2.05) is 30.3 Å². The molecule has 0 aliphatic heterocycles. The molecular weight excluding hydrogens is 396 g/mol. The fourth-order valence-corrected chi connectivity index (χ4v) is 3.18. The van der Waals surface area contributed by atoms with Crippen molar-refractivity contribution in [3.05, 3.63) is 79.1 Å². The lowest BCUT2D eigenvalue weighted by Crippen LogP contribution is -2.13. The van der Waals surface area contributed by atoms with Gasteiger partial charge in [0.05, 0.1) is 12.7 Å². The Bertz CT molecular complexity index is 1370. The molecule has 0 saturated carbocycles. The van der Waals surface area contributed by atoms with E-state index in [1.54, 1.807) is 43.8 Å². The Hall–Kier alpha value is -4.46. The number of amides is 1. The van der Waals surface area contributed by atoms with Crippen LogP contribution in [0.25, 0.3) is 33.9 Å². The van der Waals surface area contributed by atoms with E-state index in [4.69, 9.17) is 13.6 Å². The Balaban J connectivity index is 1.41. The van der Waals surface area contributed by atoms with Crippen molar-refractivity contribution in [1.82, 2.24) is 15.0 Å². The van der Waals surface area contributed by atoms with Crippen LogP contribution >= 0.6 is 0 Å². The third-order valence-corrected chi connectivity index (χ3v) is 4.67. The van der Waals surface area contributed by atoms with Crippen molar-refractivity contribution in [3.63, 3.8) is 0 Å². The average Bonchev–Trinajstić information content (AvgIpc) is 3.47. The second-order valence-electron chi connectivity index (χ2n) is 6.66. The van der Waals surface area contributed by atoms with Crippen molar-refractivity contribution >= 4 is 22.7 Å². The van der Waals surface area contributed by atoms with Crippen molar-refractivity contribution in [2.45, 2.75) is 0 Å². The molecule has 0 unspecified atom stereocenters. The monoisotopic (exact) mass is 412 g/mol. The zero-order valence-corrected chi connectivity index (χ0v) is 16.4. The first-order valence-electron chi connectivity index (χ1n) is 9.41. The number of hydrogen-bond acceptors (Lipinski definition) is 7. The normalized spacial score (nSPS) is 10.9. The van der Waals surface area contributed by atoms with Gasteiger partial charge in [-0.3, -0.25) is 9.78 Å². The van der Waals surface area contributed by atoms with Crippen LogP contribution in [0.2, 0.25) is 0 Å². The summed E-state index contributed by atoms with van der Waals surface area (Å²) in [6, 6.07) is 16.1. The highest BCUT2D eigenvalue weighted by Gasteiger charge is 2.19. The lowest BCUT2D eigenvalue weighted by atomic mass is 10.1. The number of aromatic nitrogens is 3. The molecule has 0 atom stereocenters. The molecule has 152 valence electrons. The number of nitrogens with zero attached hydrogens (tertiary/aromatic N) is 3. The number of carbonyl (C=O) groups excluding carboxylic acids is 1. The van der Waals surface area contributed by atoms with Crippen molar-refractivity contribution in [2.24, 2.45) is 0 Å². The van der Waals surface area contributed by atoms with Crippen LogP contribution in [0.5, 0.6) is 5.75 Å². The highest BCUT2D eigenvalue weighted by molar-refractivity contribution is 6.07. The van der Waals surface area contributed by atoms with Crippen molar-refractivity contribution in [2.75, 3.05) is 12.4 Å². The molecular formula is C23H16N4O4. The molecule has 0 bridgehead atoms. The number of hydrogen-bond donors (Lipinski definition) is 1. The number of methoxy groups -OCH3 is 1. The minimum absolute atomic E-state index is 0.168. The minimum atomic E-state index is -0.405. The summed E-state index contributed by atoms with van der Waals surface area (Å²) in [5.74, 6) is 1.07. The van der Waals surface area contributed by atoms with Gasteiger partial charge in [0, 0.05) is 29.7 Å². The molecule has 0 aliphatic rings. The van der Waals surface area contributed by atoms with Crippen LogP contribution in [0, 0.1) is 0 Å². The van der Waals surface area contributed by atoms with E-state index in [-0.39, 0.29) is 5.69 Å². The van der Waals surface area contributed by atoms with Crippen LogP contribution < -0.4 is 10.1 Å².